The fourth-order valence-electron chi connectivity index (χ4n) is 2.33. The molecule has 1 fully saturated rings. The Morgan fingerprint density at radius 1 is 1.32 bits per heavy atom. The number of hydrogen-bond acceptors (Lipinski definition) is 2. The number of hydrogen-bond donors (Lipinski definition) is 2. The van der Waals surface area contributed by atoms with Crippen LogP contribution in [0, 0.1) is 6.92 Å². The van der Waals surface area contributed by atoms with Crippen LogP contribution in [-0.4, -0.2) is 25.0 Å². The van der Waals surface area contributed by atoms with Crippen LogP contribution >= 0.6 is 0 Å². The van der Waals surface area contributed by atoms with Crippen molar-refractivity contribution in [3.8, 4) is 0 Å². The molecule has 19 heavy (non-hydrogen) atoms. The predicted octanol–water partition coefficient (Wildman–Crippen LogP) is 2.14. The second kappa shape index (κ2) is 5.74. The topological polar surface area (TPSA) is 41.1 Å². The third-order valence-electron chi connectivity index (χ3n) is 3.73. The summed E-state index contributed by atoms with van der Waals surface area (Å²) in [6.45, 7) is 7.57. The van der Waals surface area contributed by atoms with Crippen molar-refractivity contribution in [2.45, 2.75) is 45.1 Å². The summed E-state index contributed by atoms with van der Waals surface area (Å²) in [7, 11) is 0. The van der Waals surface area contributed by atoms with Gasteiger partial charge in [-0.15, -0.1) is 0 Å². The van der Waals surface area contributed by atoms with Crippen molar-refractivity contribution in [1.82, 2.24) is 10.6 Å². The maximum Gasteiger partial charge on any atom is 0.233 e. The van der Waals surface area contributed by atoms with Gasteiger partial charge in [-0.2, -0.15) is 0 Å². The zero-order valence-corrected chi connectivity index (χ0v) is 12.1. The number of nitrogens with one attached hydrogen (secondary N) is 2. The van der Waals surface area contributed by atoms with Gasteiger partial charge in [0, 0.05) is 18.0 Å². The number of aryl methyl sites for hydroxylation is 1. The van der Waals surface area contributed by atoms with Crippen molar-refractivity contribution < 1.29 is 4.79 Å². The van der Waals surface area contributed by atoms with Crippen molar-refractivity contribution >= 4 is 5.91 Å². The van der Waals surface area contributed by atoms with Crippen LogP contribution in [0.5, 0.6) is 0 Å². The van der Waals surface area contributed by atoms with Gasteiger partial charge in [0.2, 0.25) is 5.91 Å². The van der Waals surface area contributed by atoms with Crippen molar-refractivity contribution in [2.24, 2.45) is 0 Å². The van der Waals surface area contributed by atoms with Crippen LogP contribution in [0.1, 0.15) is 37.8 Å². The highest BCUT2D eigenvalue weighted by molar-refractivity contribution is 5.78. The van der Waals surface area contributed by atoms with Gasteiger partial charge in [0.15, 0.2) is 0 Å². The van der Waals surface area contributed by atoms with E-state index in [2.05, 4.69) is 49.6 Å². The molecule has 2 N–H and O–H groups in total. The Morgan fingerprint density at radius 2 is 2.00 bits per heavy atom. The van der Waals surface area contributed by atoms with E-state index in [4.69, 9.17) is 0 Å². The average Bonchev–Trinajstić information content (AvgIpc) is 3.18. The zero-order chi connectivity index (χ0) is 13.9. The Labute approximate surface area is 115 Å². The SMILES string of the molecule is Cc1ccccc1C(C)(C)CNC(=O)CNC1CC1. The molecule has 1 amide bonds. The highest BCUT2D eigenvalue weighted by atomic mass is 16.1. The van der Waals surface area contributed by atoms with Crippen LogP contribution in [0.4, 0.5) is 0 Å². The summed E-state index contributed by atoms with van der Waals surface area (Å²) in [5, 5.41) is 6.26. The highest BCUT2D eigenvalue weighted by Gasteiger charge is 2.24. The summed E-state index contributed by atoms with van der Waals surface area (Å²) in [6.07, 6.45) is 2.42. The molecule has 0 heterocycles. The van der Waals surface area contributed by atoms with E-state index in [-0.39, 0.29) is 11.3 Å². The van der Waals surface area contributed by atoms with E-state index in [9.17, 15) is 4.79 Å². The van der Waals surface area contributed by atoms with Gasteiger partial charge in [0.1, 0.15) is 0 Å². The van der Waals surface area contributed by atoms with Crippen molar-refractivity contribution in [2.75, 3.05) is 13.1 Å². The molecule has 0 saturated heterocycles. The molecule has 1 aliphatic rings. The van der Waals surface area contributed by atoms with E-state index >= 15 is 0 Å². The van der Waals surface area contributed by atoms with Crippen molar-refractivity contribution in [1.29, 1.82) is 0 Å². The van der Waals surface area contributed by atoms with E-state index in [0.717, 1.165) is 0 Å². The van der Waals surface area contributed by atoms with Gasteiger partial charge in [-0.25, -0.2) is 0 Å². The second-order valence-electron chi connectivity index (χ2n) is 6.13. The van der Waals surface area contributed by atoms with Crippen LogP contribution in [0.15, 0.2) is 24.3 Å². The molecule has 1 saturated carbocycles. The van der Waals surface area contributed by atoms with E-state index in [1.54, 1.807) is 0 Å². The van der Waals surface area contributed by atoms with Crippen LogP contribution in [0.3, 0.4) is 0 Å². The van der Waals surface area contributed by atoms with Gasteiger partial charge in [0.05, 0.1) is 6.54 Å². The van der Waals surface area contributed by atoms with E-state index in [1.807, 2.05) is 6.07 Å². The lowest BCUT2D eigenvalue weighted by Crippen LogP contribution is -2.41. The molecule has 1 aromatic carbocycles. The number of benzene rings is 1. The molecular weight excluding hydrogens is 236 g/mol. The molecule has 1 aliphatic carbocycles. The number of amides is 1. The fraction of sp³-hybridized carbons (Fsp3) is 0.562. The Morgan fingerprint density at radius 3 is 2.63 bits per heavy atom. The molecule has 0 unspecified atom stereocenters. The lowest BCUT2D eigenvalue weighted by molar-refractivity contribution is -0.120. The molecular formula is C16H24N2O. The Kier molecular flexibility index (Phi) is 4.25. The molecule has 1 aromatic rings. The van der Waals surface area contributed by atoms with Gasteiger partial charge in [-0.3, -0.25) is 4.79 Å². The van der Waals surface area contributed by atoms with Crippen molar-refractivity contribution in [3.05, 3.63) is 35.4 Å². The minimum atomic E-state index is -0.0411. The lowest BCUT2D eigenvalue weighted by atomic mass is 9.82. The smallest absolute Gasteiger partial charge is 0.233 e. The summed E-state index contributed by atoms with van der Waals surface area (Å²) in [6, 6.07) is 8.94. The highest BCUT2D eigenvalue weighted by Crippen LogP contribution is 2.25. The number of carbonyl (C=O) groups excluding carboxylic acids is 1. The quantitative estimate of drug-likeness (QED) is 0.823. The van der Waals surface area contributed by atoms with Gasteiger partial charge >= 0.3 is 0 Å². The van der Waals surface area contributed by atoms with Crippen LogP contribution < -0.4 is 10.6 Å². The lowest BCUT2D eigenvalue weighted by Gasteiger charge is -2.27. The van der Waals surface area contributed by atoms with Gasteiger partial charge in [-0.05, 0) is 30.9 Å². The summed E-state index contributed by atoms with van der Waals surface area (Å²) in [5.74, 6) is 0.0913. The molecule has 3 nitrogen and oxygen atoms in total. The Hall–Kier alpha value is -1.35. The standard InChI is InChI=1S/C16H24N2O/c1-12-6-4-5-7-14(12)16(2,3)11-18-15(19)10-17-13-8-9-13/h4-7,13,17H,8-11H2,1-3H3,(H,18,19). The summed E-state index contributed by atoms with van der Waals surface area (Å²) < 4.78 is 0. The van der Waals surface area contributed by atoms with Crippen LogP contribution in [0.25, 0.3) is 0 Å². The fourth-order valence-corrected chi connectivity index (χ4v) is 2.33. The first-order chi connectivity index (χ1) is 8.99. The molecule has 3 heteroatoms. The molecule has 0 spiro atoms. The monoisotopic (exact) mass is 260 g/mol. The normalized spacial score (nSPS) is 15.3. The maximum absolute atomic E-state index is 11.8. The molecule has 0 bridgehead atoms. The average molecular weight is 260 g/mol. The first-order valence-electron chi connectivity index (χ1n) is 7.05. The van der Waals surface area contributed by atoms with Gasteiger partial charge in [-0.1, -0.05) is 38.1 Å². The molecule has 0 aromatic heterocycles. The van der Waals surface area contributed by atoms with Gasteiger partial charge < -0.3 is 10.6 Å². The summed E-state index contributed by atoms with van der Waals surface area (Å²) >= 11 is 0. The molecule has 0 radical (unpaired) electrons. The first kappa shape index (κ1) is 14.1. The van der Waals surface area contributed by atoms with E-state index in [1.165, 1.54) is 24.0 Å². The molecule has 0 aliphatic heterocycles. The Bertz CT molecular complexity index is 450. The zero-order valence-electron chi connectivity index (χ0n) is 12.1. The third-order valence-corrected chi connectivity index (χ3v) is 3.73. The first-order valence-corrected chi connectivity index (χ1v) is 7.05. The minimum Gasteiger partial charge on any atom is -0.354 e. The molecule has 2 rings (SSSR count). The number of rotatable bonds is 6. The largest absolute Gasteiger partial charge is 0.354 e. The number of carbonyl (C=O) groups is 1. The van der Waals surface area contributed by atoms with Crippen molar-refractivity contribution in [3.63, 3.8) is 0 Å². The maximum atomic E-state index is 11.8. The van der Waals surface area contributed by atoms with Crippen LogP contribution in [-0.2, 0) is 10.2 Å². The van der Waals surface area contributed by atoms with E-state index in [0.29, 0.717) is 19.1 Å². The summed E-state index contributed by atoms with van der Waals surface area (Å²) in [4.78, 5) is 11.8. The second-order valence-corrected chi connectivity index (χ2v) is 6.13. The van der Waals surface area contributed by atoms with E-state index < -0.39 is 0 Å². The van der Waals surface area contributed by atoms with Crippen LogP contribution in [0.2, 0.25) is 0 Å². The minimum absolute atomic E-state index is 0.0411. The summed E-state index contributed by atoms with van der Waals surface area (Å²) in [5.41, 5.74) is 2.53. The molecule has 104 valence electrons. The third kappa shape index (κ3) is 4.06. The molecule has 0 atom stereocenters. The predicted molar refractivity (Wildman–Crippen MR) is 78.2 cm³/mol. The van der Waals surface area contributed by atoms with Gasteiger partial charge in [0.25, 0.3) is 0 Å². The Balaban J connectivity index is 1.86.